The highest BCUT2D eigenvalue weighted by Gasteiger charge is 2.33. The van der Waals surface area contributed by atoms with Crippen LogP contribution in [0.15, 0.2) is 6.07 Å². The maximum Gasteiger partial charge on any atom is 0.307 e. The number of hydrogen-bond acceptors (Lipinski definition) is 4. The van der Waals surface area contributed by atoms with E-state index in [-0.39, 0.29) is 17.5 Å². The van der Waals surface area contributed by atoms with Gasteiger partial charge in [-0.15, -0.1) is 0 Å². The van der Waals surface area contributed by atoms with E-state index >= 15 is 0 Å². The Hall–Kier alpha value is -1.46. The molecular formula is C12H14ClNO4. The van der Waals surface area contributed by atoms with Crippen LogP contribution in [-0.2, 0) is 4.79 Å². The molecular weight excluding hydrogens is 258 g/mol. The molecule has 0 amide bonds. The minimum atomic E-state index is -0.867. The minimum absolute atomic E-state index is 0.236. The van der Waals surface area contributed by atoms with E-state index < -0.39 is 11.9 Å². The predicted molar refractivity (Wildman–Crippen MR) is 66.0 cm³/mol. The fourth-order valence-corrected chi connectivity index (χ4v) is 2.52. The molecule has 1 aliphatic heterocycles. The molecule has 2 atom stereocenters. The third kappa shape index (κ3) is 2.11. The van der Waals surface area contributed by atoms with Crippen LogP contribution in [0.1, 0.15) is 23.6 Å². The van der Waals surface area contributed by atoms with Crippen LogP contribution in [0.25, 0.3) is 0 Å². The highest BCUT2D eigenvalue weighted by atomic mass is 35.5. The van der Waals surface area contributed by atoms with Crippen LogP contribution in [0.5, 0.6) is 11.5 Å². The maximum absolute atomic E-state index is 10.9. The number of aliphatic carboxylic acids is 1. The average molecular weight is 272 g/mol. The fourth-order valence-electron chi connectivity index (χ4n) is 2.31. The number of hydrogen-bond donors (Lipinski definition) is 4. The third-order valence-corrected chi connectivity index (χ3v) is 3.74. The van der Waals surface area contributed by atoms with Gasteiger partial charge < -0.3 is 20.6 Å². The van der Waals surface area contributed by atoms with Crippen LogP contribution in [0, 0.1) is 12.8 Å². The Labute approximate surface area is 109 Å². The zero-order valence-corrected chi connectivity index (χ0v) is 10.5. The van der Waals surface area contributed by atoms with Crippen LogP contribution < -0.4 is 5.32 Å². The second-order valence-corrected chi connectivity index (χ2v) is 4.90. The zero-order valence-electron chi connectivity index (χ0n) is 9.77. The molecule has 0 saturated carbocycles. The van der Waals surface area contributed by atoms with Crippen molar-refractivity contribution in [3.8, 4) is 11.5 Å². The Morgan fingerprint density at radius 3 is 2.72 bits per heavy atom. The van der Waals surface area contributed by atoms with Crippen molar-refractivity contribution in [2.24, 2.45) is 5.92 Å². The van der Waals surface area contributed by atoms with Crippen LogP contribution in [0.3, 0.4) is 0 Å². The molecule has 6 heteroatoms. The zero-order chi connectivity index (χ0) is 13.4. The van der Waals surface area contributed by atoms with Crippen LogP contribution in [0.2, 0.25) is 5.02 Å². The number of halogens is 1. The lowest BCUT2D eigenvalue weighted by atomic mass is 9.95. The van der Waals surface area contributed by atoms with Crippen molar-refractivity contribution in [2.45, 2.75) is 19.4 Å². The highest BCUT2D eigenvalue weighted by molar-refractivity contribution is 6.31. The molecule has 1 aliphatic rings. The van der Waals surface area contributed by atoms with Crippen LogP contribution in [0.4, 0.5) is 0 Å². The number of carbonyl (C=O) groups is 1. The summed E-state index contributed by atoms with van der Waals surface area (Å²) in [5.74, 6) is -1.88. The first kappa shape index (κ1) is 13.0. The Bertz CT molecular complexity index is 477. The van der Waals surface area contributed by atoms with Crippen molar-refractivity contribution in [1.29, 1.82) is 0 Å². The van der Waals surface area contributed by atoms with Crippen molar-refractivity contribution in [1.82, 2.24) is 5.32 Å². The molecule has 18 heavy (non-hydrogen) atoms. The standard InChI is InChI=1S/C12H14ClNO4/c1-5-7(13)3-9(15)11(16)10(5)8-2-6(4-14-8)12(17)18/h3,6,8,14-16H,2,4H2,1H3,(H,17,18). The molecule has 1 fully saturated rings. The first-order valence-electron chi connectivity index (χ1n) is 5.59. The number of nitrogens with one attached hydrogen (secondary N) is 1. The number of benzene rings is 1. The lowest BCUT2D eigenvalue weighted by Gasteiger charge is -2.17. The van der Waals surface area contributed by atoms with Gasteiger partial charge >= 0.3 is 5.97 Å². The van der Waals surface area contributed by atoms with E-state index in [4.69, 9.17) is 16.7 Å². The SMILES string of the molecule is Cc1c(Cl)cc(O)c(O)c1C1CC(C(=O)O)CN1. The number of rotatable bonds is 2. The topological polar surface area (TPSA) is 89.8 Å². The van der Waals surface area contributed by atoms with E-state index in [0.29, 0.717) is 29.1 Å². The predicted octanol–water partition coefficient (Wildman–Crippen LogP) is 1.79. The molecule has 0 bridgehead atoms. The monoisotopic (exact) mass is 271 g/mol. The van der Waals surface area contributed by atoms with Crippen molar-refractivity contribution in [3.05, 3.63) is 22.2 Å². The van der Waals surface area contributed by atoms with Gasteiger partial charge in [-0.1, -0.05) is 11.6 Å². The highest BCUT2D eigenvalue weighted by Crippen LogP contribution is 2.42. The summed E-state index contributed by atoms with van der Waals surface area (Å²) in [5, 5.41) is 31.8. The van der Waals surface area contributed by atoms with E-state index in [1.807, 2.05) is 0 Å². The molecule has 5 nitrogen and oxygen atoms in total. The largest absolute Gasteiger partial charge is 0.504 e. The molecule has 4 N–H and O–H groups in total. The van der Waals surface area contributed by atoms with Gasteiger partial charge in [0.25, 0.3) is 0 Å². The second-order valence-electron chi connectivity index (χ2n) is 4.50. The lowest BCUT2D eigenvalue weighted by molar-refractivity contribution is -0.141. The lowest BCUT2D eigenvalue weighted by Crippen LogP contribution is -2.17. The average Bonchev–Trinajstić information content (AvgIpc) is 2.76. The van der Waals surface area contributed by atoms with Gasteiger partial charge in [-0.25, -0.2) is 0 Å². The van der Waals surface area contributed by atoms with Crippen molar-refractivity contribution < 1.29 is 20.1 Å². The molecule has 0 spiro atoms. The summed E-state index contributed by atoms with van der Waals surface area (Å²) < 4.78 is 0. The van der Waals surface area contributed by atoms with Gasteiger partial charge in [0.05, 0.1) is 5.92 Å². The van der Waals surface area contributed by atoms with Crippen molar-refractivity contribution >= 4 is 17.6 Å². The minimum Gasteiger partial charge on any atom is -0.504 e. The fraction of sp³-hybridized carbons (Fsp3) is 0.417. The van der Waals surface area contributed by atoms with Gasteiger partial charge in [-0.05, 0) is 18.9 Å². The quantitative estimate of drug-likeness (QED) is 0.616. The third-order valence-electron chi connectivity index (χ3n) is 3.35. The first-order valence-corrected chi connectivity index (χ1v) is 5.96. The van der Waals surface area contributed by atoms with E-state index in [2.05, 4.69) is 5.32 Å². The van der Waals surface area contributed by atoms with E-state index in [1.54, 1.807) is 6.92 Å². The molecule has 0 aromatic heterocycles. The number of aromatic hydroxyl groups is 2. The van der Waals surface area contributed by atoms with Gasteiger partial charge in [-0.2, -0.15) is 0 Å². The summed E-state index contributed by atoms with van der Waals surface area (Å²) in [6.07, 6.45) is 0.365. The normalized spacial score (nSPS) is 23.2. The molecule has 0 radical (unpaired) electrons. The Balaban J connectivity index is 2.38. The van der Waals surface area contributed by atoms with Gasteiger partial charge in [-0.3, -0.25) is 4.79 Å². The number of carboxylic acid groups (broad SMARTS) is 1. The van der Waals surface area contributed by atoms with Gasteiger partial charge in [0, 0.05) is 29.2 Å². The van der Waals surface area contributed by atoms with Gasteiger partial charge in [0.2, 0.25) is 0 Å². The summed E-state index contributed by atoms with van der Waals surface area (Å²) >= 11 is 5.95. The molecule has 98 valence electrons. The first-order chi connectivity index (χ1) is 8.41. The molecule has 1 aromatic rings. The molecule has 0 aliphatic carbocycles. The van der Waals surface area contributed by atoms with Crippen molar-refractivity contribution in [2.75, 3.05) is 6.54 Å². The number of carboxylic acids is 1. The van der Waals surface area contributed by atoms with Gasteiger partial charge in [0.15, 0.2) is 11.5 Å². The molecule has 1 aromatic carbocycles. The smallest absolute Gasteiger partial charge is 0.307 e. The molecule has 1 saturated heterocycles. The van der Waals surface area contributed by atoms with E-state index in [1.165, 1.54) is 6.07 Å². The Morgan fingerprint density at radius 1 is 1.50 bits per heavy atom. The summed E-state index contributed by atoms with van der Waals surface area (Å²) in [7, 11) is 0. The Morgan fingerprint density at radius 2 is 2.17 bits per heavy atom. The van der Waals surface area contributed by atoms with E-state index in [9.17, 15) is 15.0 Å². The second kappa shape index (κ2) is 4.66. The summed E-state index contributed by atoms with van der Waals surface area (Å²) in [5.41, 5.74) is 1.12. The molecule has 1 heterocycles. The van der Waals surface area contributed by atoms with Crippen molar-refractivity contribution in [3.63, 3.8) is 0 Å². The summed E-state index contributed by atoms with van der Waals surface area (Å²) in [6.45, 7) is 2.07. The van der Waals surface area contributed by atoms with Crippen LogP contribution in [-0.4, -0.2) is 27.8 Å². The number of phenols is 2. The molecule has 2 rings (SSSR count). The summed E-state index contributed by atoms with van der Waals surface area (Å²) in [4.78, 5) is 10.9. The Kier molecular flexibility index (Phi) is 3.36. The molecule has 2 unspecified atom stereocenters. The van der Waals surface area contributed by atoms with Gasteiger partial charge in [0.1, 0.15) is 0 Å². The van der Waals surface area contributed by atoms with E-state index in [0.717, 1.165) is 0 Å². The number of phenolic OH excluding ortho intramolecular Hbond substituents is 2. The maximum atomic E-state index is 10.9. The van der Waals surface area contributed by atoms with Crippen LogP contribution >= 0.6 is 11.6 Å². The summed E-state index contributed by atoms with van der Waals surface area (Å²) in [6, 6.07) is 0.968.